The van der Waals surface area contributed by atoms with Crippen molar-refractivity contribution in [2.24, 2.45) is 12.8 Å². The van der Waals surface area contributed by atoms with Crippen LogP contribution in [0.4, 0.5) is 0 Å². The van der Waals surface area contributed by atoms with Gasteiger partial charge in [0.25, 0.3) is 0 Å². The molecule has 2 aromatic rings. The number of nitrogens with zero attached hydrogens (tertiary/aromatic N) is 1. The average Bonchev–Trinajstić information content (AvgIpc) is 2.54. The van der Waals surface area contributed by atoms with E-state index in [1.165, 1.54) is 16.5 Å². The summed E-state index contributed by atoms with van der Waals surface area (Å²) in [7, 11) is 3.74. The zero-order valence-corrected chi connectivity index (χ0v) is 10.0. The van der Waals surface area contributed by atoms with Gasteiger partial charge in [-0.05, 0) is 37.1 Å². The van der Waals surface area contributed by atoms with Crippen LogP contribution in [-0.4, -0.2) is 17.7 Å². The van der Waals surface area contributed by atoms with E-state index in [4.69, 9.17) is 10.5 Å². The number of methoxy groups -OCH3 is 1. The maximum Gasteiger partial charge on any atom is 0.119 e. The molecule has 0 saturated heterocycles. The van der Waals surface area contributed by atoms with Crippen LogP contribution in [0.1, 0.15) is 12.5 Å². The van der Waals surface area contributed by atoms with E-state index in [0.29, 0.717) is 0 Å². The SMILES string of the molecule is COc1ccc2c(c1)c(C[C@@H](C)N)cn2C. The Bertz CT molecular complexity index is 500. The van der Waals surface area contributed by atoms with Crippen molar-refractivity contribution in [1.29, 1.82) is 0 Å². The van der Waals surface area contributed by atoms with E-state index in [-0.39, 0.29) is 6.04 Å². The van der Waals surface area contributed by atoms with Gasteiger partial charge in [-0.1, -0.05) is 0 Å². The van der Waals surface area contributed by atoms with E-state index in [1.54, 1.807) is 7.11 Å². The first kappa shape index (κ1) is 11.0. The first-order valence-electron chi connectivity index (χ1n) is 5.49. The van der Waals surface area contributed by atoms with Gasteiger partial charge in [-0.15, -0.1) is 0 Å². The fraction of sp³-hybridized carbons (Fsp3) is 0.385. The van der Waals surface area contributed by atoms with Crippen LogP contribution in [0.2, 0.25) is 0 Å². The molecule has 0 fully saturated rings. The zero-order valence-electron chi connectivity index (χ0n) is 10.0. The number of benzene rings is 1. The molecule has 0 unspecified atom stereocenters. The Morgan fingerprint density at radius 3 is 2.81 bits per heavy atom. The third-order valence-electron chi connectivity index (χ3n) is 2.82. The van der Waals surface area contributed by atoms with Crippen molar-refractivity contribution < 1.29 is 4.74 Å². The molecule has 1 atom stereocenters. The lowest BCUT2D eigenvalue weighted by Crippen LogP contribution is -2.17. The van der Waals surface area contributed by atoms with Gasteiger partial charge < -0.3 is 15.0 Å². The number of hydrogen-bond acceptors (Lipinski definition) is 2. The second-order valence-electron chi connectivity index (χ2n) is 4.33. The maximum atomic E-state index is 5.85. The van der Waals surface area contributed by atoms with Crippen LogP contribution in [0.5, 0.6) is 5.75 Å². The Morgan fingerprint density at radius 1 is 1.44 bits per heavy atom. The van der Waals surface area contributed by atoms with Crippen LogP contribution in [0.15, 0.2) is 24.4 Å². The smallest absolute Gasteiger partial charge is 0.119 e. The van der Waals surface area contributed by atoms with Crippen molar-refractivity contribution in [3.63, 3.8) is 0 Å². The van der Waals surface area contributed by atoms with Crippen molar-refractivity contribution in [2.75, 3.05) is 7.11 Å². The van der Waals surface area contributed by atoms with Gasteiger partial charge in [-0.2, -0.15) is 0 Å². The molecule has 0 amide bonds. The van der Waals surface area contributed by atoms with Crippen molar-refractivity contribution >= 4 is 10.9 Å². The predicted octanol–water partition coefficient (Wildman–Crippen LogP) is 2.08. The molecule has 2 N–H and O–H groups in total. The second kappa shape index (κ2) is 4.18. The molecular weight excluding hydrogens is 200 g/mol. The molecule has 0 aliphatic carbocycles. The zero-order chi connectivity index (χ0) is 11.7. The molecule has 1 heterocycles. The van der Waals surface area contributed by atoms with Gasteiger partial charge in [-0.25, -0.2) is 0 Å². The van der Waals surface area contributed by atoms with Gasteiger partial charge in [0.15, 0.2) is 0 Å². The minimum Gasteiger partial charge on any atom is -0.497 e. The average molecular weight is 218 g/mol. The predicted molar refractivity (Wildman–Crippen MR) is 66.8 cm³/mol. The van der Waals surface area contributed by atoms with Crippen LogP contribution in [0, 0.1) is 0 Å². The Labute approximate surface area is 95.8 Å². The summed E-state index contributed by atoms with van der Waals surface area (Å²) in [4.78, 5) is 0. The van der Waals surface area contributed by atoms with Crippen LogP contribution in [0.25, 0.3) is 10.9 Å². The summed E-state index contributed by atoms with van der Waals surface area (Å²) in [5.74, 6) is 0.893. The lowest BCUT2D eigenvalue weighted by Gasteiger charge is -2.04. The van der Waals surface area contributed by atoms with E-state index in [9.17, 15) is 0 Å². The first-order chi connectivity index (χ1) is 7.61. The number of ether oxygens (including phenoxy) is 1. The molecule has 0 saturated carbocycles. The minimum atomic E-state index is 0.178. The second-order valence-corrected chi connectivity index (χ2v) is 4.33. The number of aryl methyl sites for hydroxylation is 1. The summed E-state index contributed by atoms with van der Waals surface area (Å²) in [5, 5.41) is 1.24. The molecule has 16 heavy (non-hydrogen) atoms. The van der Waals surface area contributed by atoms with Gasteiger partial charge in [0.05, 0.1) is 7.11 Å². The topological polar surface area (TPSA) is 40.2 Å². The number of rotatable bonds is 3. The largest absolute Gasteiger partial charge is 0.497 e. The normalized spacial score (nSPS) is 13.0. The van der Waals surface area contributed by atoms with Crippen molar-refractivity contribution in [1.82, 2.24) is 4.57 Å². The lowest BCUT2D eigenvalue weighted by atomic mass is 10.1. The molecule has 2 rings (SSSR count). The van der Waals surface area contributed by atoms with E-state index >= 15 is 0 Å². The van der Waals surface area contributed by atoms with Crippen LogP contribution < -0.4 is 10.5 Å². The third kappa shape index (κ3) is 1.91. The van der Waals surface area contributed by atoms with Crippen LogP contribution >= 0.6 is 0 Å². The highest BCUT2D eigenvalue weighted by molar-refractivity contribution is 5.85. The van der Waals surface area contributed by atoms with Gasteiger partial charge in [0, 0.05) is 30.2 Å². The van der Waals surface area contributed by atoms with Gasteiger partial charge in [0.2, 0.25) is 0 Å². The first-order valence-corrected chi connectivity index (χ1v) is 5.49. The molecule has 1 aromatic heterocycles. The van der Waals surface area contributed by atoms with Crippen molar-refractivity contribution in [3.8, 4) is 5.75 Å². The molecule has 0 spiro atoms. The summed E-state index contributed by atoms with van der Waals surface area (Å²) in [6.07, 6.45) is 3.04. The third-order valence-corrected chi connectivity index (χ3v) is 2.82. The molecule has 0 bridgehead atoms. The number of fused-ring (bicyclic) bond motifs is 1. The fourth-order valence-electron chi connectivity index (χ4n) is 2.09. The lowest BCUT2D eigenvalue weighted by molar-refractivity contribution is 0.415. The molecule has 0 aliphatic heterocycles. The van der Waals surface area contributed by atoms with E-state index in [0.717, 1.165) is 12.2 Å². The quantitative estimate of drug-likeness (QED) is 0.856. The fourth-order valence-corrected chi connectivity index (χ4v) is 2.09. The molecular formula is C13H18N2O. The monoisotopic (exact) mass is 218 g/mol. The minimum absolute atomic E-state index is 0.178. The van der Waals surface area contributed by atoms with Crippen molar-refractivity contribution in [3.05, 3.63) is 30.0 Å². The van der Waals surface area contributed by atoms with E-state index in [1.807, 2.05) is 13.0 Å². The van der Waals surface area contributed by atoms with Crippen molar-refractivity contribution in [2.45, 2.75) is 19.4 Å². The number of hydrogen-bond donors (Lipinski definition) is 1. The summed E-state index contributed by atoms with van der Waals surface area (Å²) in [6.45, 7) is 2.03. The highest BCUT2D eigenvalue weighted by Gasteiger charge is 2.09. The Balaban J connectivity index is 2.56. The highest BCUT2D eigenvalue weighted by Crippen LogP contribution is 2.26. The highest BCUT2D eigenvalue weighted by atomic mass is 16.5. The summed E-state index contributed by atoms with van der Waals surface area (Å²) < 4.78 is 7.38. The Kier molecular flexibility index (Phi) is 2.88. The molecule has 3 nitrogen and oxygen atoms in total. The maximum absolute atomic E-state index is 5.85. The van der Waals surface area contributed by atoms with E-state index in [2.05, 4.69) is 29.9 Å². The van der Waals surface area contributed by atoms with Crippen LogP contribution in [-0.2, 0) is 13.5 Å². The number of nitrogens with two attached hydrogens (primary N) is 1. The summed E-state index contributed by atoms with van der Waals surface area (Å²) in [6, 6.07) is 6.32. The van der Waals surface area contributed by atoms with Gasteiger partial charge >= 0.3 is 0 Å². The van der Waals surface area contributed by atoms with Gasteiger partial charge in [0.1, 0.15) is 5.75 Å². The Morgan fingerprint density at radius 2 is 2.19 bits per heavy atom. The standard InChI is InChI=1S/C13H18N2O/c1-9(14)6-10-8-15(2)13-5-4-11(16-3)7-12(10)13/h4-5,7-9H,6,14H2,1-3H3/t9-/m1/s1. The summed E-state index contributed by atoms with van der Waals surface area (Å²) >= 11 is 0. The molecule has 1 aromatic carbocycles. The van der Waals surface area contributed by atoms with Gasteiger partial charge in [-0.3, -0.25) is 0 Å². The number of aromatic nitrogens is 1. The Hall–Kier alpha value is -1.48. The molecule has 86 valence electrons. The molecule has 0 aliphatic rings. The summed E-state index contributed by atoms with van der Waals surface area (Å²) in [5.41, 5.74) is 8.36. The van der Waals surface area contributed by atoms with Crippen LogP contribution in [0.3, 0.4) is 0 Å². The molecule has 3 heteroatoms. The van der Waals surface area contributed by atoms with E-state index < -0.39 is 0 Å². The molecule has 0 radical (unpaired) electrons.